The fraction of sp³-hybridized carbons (Fsp3) is 0.407. The van der Waals surface area contributed by atoms with E-state index in [0.29, 0.717) is 42.8 Å². The molecule has 0 radical (unpaired) electrons. The van der Waals surface area contributed by atoms with Crippen LogP contribution in [0.25, 0.3) is 5.57 Å². The molecule has 0 saturated carbocycles. The summed E-state index contributed by atoms with van der Waals surface area (Å²) in [5.74, 6) is -1.75. The highest BCUT2D eigenvalue weighted by Gasteiger charge is 2.49. The van der Waals surface area contributed by atoms with Crippen LogP contribution < -0.4 is 14.9 Å². The number of amides is 2. The number of piperazine rings is 2. The second kappa shape index (κ2) is 26.0. The quantitative estimate of drug-likeness (QED) is 0.0590. The Morgan fingerprint density at radius 3 is 2.04 bits per heavy atom. The lowest BCUT2D eigenvalue weighted by atomic mass is 9.71. The zero-order valence-corrected chi connectivity index (χ0v) is 48.9. The largest absolute Gasteiger partial charge is 0.501 e. The smallest absolute Gasteiger partial charge is 0.461 e. The van der Waals surface area contributed by atoms with E-state index in [1.54, 1.807) is 77.7 Å². The molecule has 22 heteroatoms. The zero-order chi connectivity index (χ0) is 58.2. The summed E-state index contributed by atoms with van der Waals surface area (Å²) < 4.78 is 110. The van der Waals surface area contributed by atoms with E-state index >= 15 is 0 Å². The number of carbonyl (C=O) groups is 3. The monoisotopic (exact) mass is 1190 g/mol. The second-order valence-electron chi connectivity index (χ2n) is 22.0. The molecule has 1 unspecified atom stereocenters. The van der Waals surface area contributed by atoms with E-state index in [-0.39, 0.29) is 29.4 Å². The minimum absolute atomic E-state index is 0.0165. The first-order valence-electron chi connectivity index (χ1n) is 26.7. The third kappa shape index (κ3) is 16.6. The molecule has 0 aromatic heterocycles. The zero-order valence-electron chi connectivity index (χ0n) is 45.7. The molecule has 5 aromatic carbocycles. The van der Waals surface area contributed by atoms with Gasteiger partial charge in [0.05, 0.1) is 17.0 Å². The van der Waals surface area contributed by atoms with Crippen molar-refractivity contribution in [1.82, 2.24) is 19.4 Å². The van der Waals surface area contributed by atoms with Crippen molar-refractivity contribution in [3.63, 3.8) is 0 Å². The minimum Gasteiger partial charge on any atom is -0.461 e. The van der Waals surface area contributed by atoms with Gasteiger partial charge in [-0.25, -0.2) is 26.4 Å². The van der Waals surface area contributed by atoms with Crippen LogP contribution in [0.5, 0.6) is 0 Å². The van der Waals surface area contributed by atoms with Gasteiger partial charge in [0.2, 0.25) is 0 Å². The van der Waals surface area contributed by atoms with Gasteiger partial charge in [-0.3, -0.25) is 19.4 Å². The number of sulfone groups is 1. The van der Waals surface area contributed by atoms with Gasteiger partial charge in [-0.1, -0.05) is 84.8 Å². The third-order valence-corrected chi connectivity index (χ3v) is 18.7. The number of ether oxygens (including phenoxy) is 2. The molecule has 81 heavy (non-hydrogen) atoms. The normalized spacial score (nSPS) is 18.3. The number of nitrogens with zero attached hydrogens (tertiary/aromatic N) is 4. The van der Waals surface area contributed by atoms with Gasteiger partial charge in [0.15, 0.2) is 0 Å². The average Bonchev–Trinajstić information content (AvgIpc) is 3.58. The molecule has 2 aliphatic heterocycles. The second-order valence-corrected chi connectivity index (χ2v) is 27.1. The number of rotatable bonds is 19. The van der Waals surface area contributed by atoms with Gasteiger partial charge in [-0.15, -0.1) is 11.8 Å². The highest BCUT2D eigenvalue weighted by atomic mass is 35.5. The van der Waals surface area contributed by atoms with Gasteiger partial charge >= 0.3 is 17.6 Å². The Kier molecular flexibility index (Phi) is 19.6. The number of thioether (sulfide) groups is 1. The summed E-state index contributed by atoms with van der Waals surface area (Å²) in [7, 11) is -11.2. The number of anilines is 2. The topological polar surface area (TPSA) is 175 Å². The van der Waals surface area contributed by atoms with Crippen molar-refractivity contribution in [2.45, 2.75) is 91.8 Å². The van der Waals surface area contributed by atoms with Crippen molar-refractivity contribution >= 4 is 78.1 Å². The molecule has 434 valence electrons. The maximum absolute atomic E-state index is 14.3. The Hall–Kier alpha value is -6.10. The number of hydrogen-bond acceptors (Lipinski definition) is 14. The highest BCUT2D eigenvalue weighted by Crippen LogP contribution is 2.44. The molecule has 5 aromatic rings. The Morgan fingerprint density at radius 1 is 0.778 bits per heavy atom. The van der Waals surface area contributed by atoms with Crippen LogP contribution in [0.4, 0.5) is 29.3 Å². The fourth-order valence-corrected chi connectivity index (χ4v) is 13.4. The summed E-state index contributed by atoms with van der Waals surface area (Å²) in [5.41, 5.74) is -1.68. The van der Waals surface area contributed by atoms with Crippen LogP contribution in [0.15, 0.2) is 148 Å². The molecule has 2 atom stereocenters. The summed E-state index contributed by atoms with van der Waals surface area (Å²) in [6.07, 6.45) is 2.18. The molecule has 2 fully saturated rings. The molecule has 15 nitrogen and oxygen atoms in total. The van der Waals surface area contributed by atoms with Crippen LogP contribution in [0.1, 0.15) is 74.9 Å². The molecule has 2 amide bonds. The minimum atomic E-state index is -6.21. The molecule has 2 N–H and O–H groups in total. The first kappa shape index (κ1) is 61.0. The van der Waals surface area contributed by atoms with E-state index < -0.39 is 70.8 Å². The van der Waals surface area contributed by atoms with Gasteiger partial charge in [-0.2, -0.15) is 13.2 Å². The van der Waals surface area contributed by atoms with Gasteiger partial charge in [0.25, 0.3) is 25.8 Å². The number of alkyl halides is 3. The van der Waals surface area contributed by atoms with Gasteiger partial charge < -0.3 is 24.6 Å². The predicted octanol–water partition coefficient (Wildman–Crippen LogP) is 10.8. The Labute approximate surface area is 482 Å². The van der Waals surface area contributed by atoms with Crippen molar-refractivity contribution in [3.05, 3.63) is 155 Å². The van der Waals surface area contributed by atoms with Gasteiger partial charge in [0, 0.05) is 98.4 Å². The molecule has 0 bridgehead atoms. The van der Waals surface area contributed by atoms with E-state index in [0.717, 1.165) is 86.8 Å². The van der Waals surface area contributed by atoms with Crippen LogP contribution in [0.3, 0.4) is 0 Å². The van der Waals surface area contributed by atoms with E-state index in [4.69, 9.17) is 21.1 Å². The number of carbonyl (C=O) groups excluding carboxylic acids is 3. The summed E-state index contributed by atoms with van der Waals surface area (Å²) in [4.78, 5) is 46.7. The third-order valence-electron chi connectivity index (χ3n) is 14.4. The first-order valence-corrected chi connectivity index (χ1v) is 31.1. The van der Waals surface area contributed by atoms with E-state index in [9.17, 15) is 44.4 Å². The number of esters is 1. The summed E-state index contributed by atoms with van der Waals surface area (Å²) >= 11 is 7.57. The number of halogens is 4. The van der Waals surface area contributed by atoms with Gasteiger partial charge in [-0.05, 0) is 129 Å². The van der Waals surface area contributed by atoms with Crippen molar-refractivity contribution in [2.75, 3.05) is 81.4 Å². The summed E-state index contributed by atoms with van der Waals surface area (Å²) in [6.45, 7) is 15.2. The van der Waals surface area contributed by atoms with E-state index in [1.807, 2.05) is 37.6 Å². The summed E-state index contributed by atoms with van der Waals surface area (Å²) in [6, 6.07) is 33.1. The number of hydrogen-bond donors (Lipinski definition) is 2. The fourth-order valence-electron chi connectivity index (χ4n) is 10.3. The maximum Gasteiger partial charge on any atom is 0.501 e. The van der Waals surface area contributed by atoms with E-state index in [2.05, 4.69) is 39.1 Å². The lowest BCUT2D eigenvalue weighted by Crippen LogP contribution is -2.52. The number of sulfonamides is 1. The molecular formula is C59H68ClF3N6O9S3. The molecular weight excluding hydrogens is 1130 g/mol. The number of benzene rings is 5. The standard InChI is InChI=1S/C59H68ClF3N6O9S3/c1-57(2,3)78-56(72)69-33-29-67(30-34-69)41-58(4)26-25-51(43-15-19-46(60)20-16-43)45(37-58)38-66-27-31-68(32-28-66)48-21-17-44(18-22-48)55(71)65-81(75,76)50-23-24-52(53(36-50)80(73,74)59(61,62)63)64-47(40-79-49-13-9-6-10-14-49)35-54(70)77-39-42-11-7-5-8-12-42/h5-24,36,47,64H,25-35,37-41H2,1-4H3,(H,65,71)/t47?,58-/m1/s1. The van der Waals surface area contributed by atoms with Crippen molar-refractivity contribution < 1.29 is 53.9 Å². The van der Waals surface area contributed by atoms with Crippen LogP contribution in [-0.4, -0.2) is 138 Å². The SMILES string of the molecule is CC(C)(C)OC(=O)N1CCN(C[C@]2(C)CCC(c3ccc(Cl)cc3)=C(CN3CCN(c4ccc(C(=O)NS(=O)(=O)c5ccc(NC(CSc6ccccc6)CC(=O)OCc6ccccc6)c(S(=O)(=O)C(F)(F)F)c5)cc4)CC3)C2)CC1. The van der Waals surface area contributed by atoms with Crippen LogP contribution >= 0.6 is 23.4 Å². The molecule has 8 rings (SSSR count). The Morgan fingerprint density at radius 2 is 1.41 bits per heavy atom. The van der Waals surface area contributed by atoms with Crippen LogP contribution in [0, 0.1) is 5.41 Å². The molecule has 1 aliphatic carbocycles. The Bertz CT molecular complexity index is 3260. The van der Waals surface area contributed by atoms with Crippen LogP contribution in [-0.2, 0) is 40.7 Å². The van der Waals surface area contributed by atoms with Crippen LogP contribution in [0.2, 0.25) is 5.02 Å². The van der Waals surface area contributed by atoms with Gasteiger partial charge in [0.1, 0.15) is 17.1 Å². The lowest BCUT2D eigenvalue weighted by Gasteiger charge is -2.44. The average molecular weight is 1190 g/mol. The first-order chi connectivity index (χ1) is 38.3. The molecule has 0 spiro atoms. The summed E-state index contributed by atoms with van der Waals surface area (Å²) in [5, 5.41) is 3.42. The number of allylic oxidation sites excluding steroid dienone is 1. The Balaban J connectivity index is 0.906. The lowest BCUT2D eigenvalue weighted by molar-refractivity contribution is -0.145. The maximum atomic E-state index is 14.3. The van der Waals surface area contributed by atoms with Crippen molar-refractivity contribution in [1.29, 1.82) is 0 Å². The molecule has 2 heterocycles. The highest BCUT2D eigenvalue weighted by molar-refractivity contribution is 7.99. The van der Waals surface area contributed by atoms with Crippen molar-refractivity contribution in [2.24, 2.45) is 5.41 Å². The molecule has 2 saturated heterocycles. The van der Waals surface area contributed by atoms with Crippen molar-refractivity contribution in [3.8, 4) is 0 Å². The molecule has 3 aliphatic rings. The number of nitrogens with one attached hydrogen (secondary N) is 2. The predicted molar refractivity (Wildman–Crippen MR) is 309 cm³/mol. The van der Waals surface area contributed by atoms with E-state index in [1.165, 1.54) is 35.0 Å².